The summed E-state index contributed by atoms with van der Waals surface area (Å²) in [6.45, 7) is 0. The number of benzene rings is 2. The Balaban J connectivity index is 1.97. The zero-order valence-electron chi connectivity index (χ0n) is 10.9. The average Bonchev–Trinajstić information content (AvgIpc) is 2.97. The topological polar surface area (TPSA) is 93.5 Å². The summed E-state index contributed by atoms with van der Waals surface area (Å²) >= 11 is 3.39. The molecule has 0 unspecified atom stereocenters. The molecule has 3 rings (SSSR count). The fourth-order valence-corrected chi connectivity index (χ4v) is 2.45. The number of rotatable bonds is 3. The summed E-state index contributed by atoms with van der Waals surface area (Å²) in [6.07, 6.45) is 0. The molecule has 6 nitrogen and oxygen atoms in total. The van der Waals surface area contributed by atoms with Crippen molar-refractivity contribution in [2.45, 2.75) is 0 Å². The minimum atomic E-state index is 0.00458. The number of aromatic nitrogens is 4. The van der Waals surface area contributed by atoms with Crippen molar-refractivity contribution in [1.29, 1.82) is 5.41 Å². The van der Waals surface area contributed by atoms with Crippen LogP contribution in [-0.2, 0) is 0 Å². The fraction of sp³-hybridized carbons (Fsp3) is 0. The lowest BCUT2D eigenvalue weighted by atomic mass is 10.2. The van der Waals surface area contributed by atoms with Crippen LogP contribution < -0.4 is 5.73 Å². The number of amidine groups is 1. The van der Waals surface area contributed by atoms with Gasteiger partial charge in [-0.1, -0.05) is 30.3 Å². The van der Waals surface area contributed by atoms with Crippen LogP contribution in [0.1, 0.15) is 5.56 Å². The summed E-state index contributed by atoms with van der Waals surface area (Å²) in [4.78, 5) is 1.44. The molecule has 0 amide bonds. The highest BCUT2D eigenvalue weighted by molar-refractivity contribution is 9.10. The van der Waals surface area contributed by atoms with E-state index in [1.54, 1.807) is 18.2 Å². The van der Waals surface area contributed by atoms with Gasteiger partial charge in [0.05, 0.1) is 5.69 Å². The predicted molar refractivity (Wildman–Crippen MR) is 83.3 cm³/mol. The van der Waals surface area contributed by atoms with Crippen LogP contribution in [0.2, 0.25) is 0 Å². The van der Waals surface area contributed by atoms with Gasteiger partial charge in [-0.25, -0.2) is 0 Å². The molecule has 0 aliphatic carbocycles. The van der Waals surface area contributed by atoms with Gasteiger partial charge in [0.15, 0.2) is 0 Å². The van der Waals surface area contributed by atoms with Crippen LogP contribution in [0.4, 0.5) is 0 Å². The summed E-state index contributed by atoms with van der Waals surface area (Å²) in [5.41, 5.74) is 7.76. The minimum Gasteiger partial charge on any atom is -0.384 e. The molecular formula is C14H11BrN6. The van der Waals surface area contributed by atoms with Crippen LogP contribution >= 0.6 is 15.9 Å². The maximum atomic E-state index is 7.47. The standard InChI is InChI=1S/C14H11BrN6/c15-12-8-10(6-7-11(12)13(16)17)21-19-14(18-20-21)9-4-2-1-3-5-9/h1-8H,(H3,16,17). The van der Waals surface area contributed by atoms with Gasteiger partial charge < -0.3 is 5.73 Å². The van der Waals surface area contributed by atoms with Crippen molar-refractivity contribution in [2.24, 2.45) is 5.73 Å². The monoisotopic (exact) mass is 342 g/mol. The lowest BCUT2D eigenvalue weighted by Gasteiger charge is -2.04. The lowest BCUT2D eigenvalue weighted by Crippen LogP contribution is -2.12. The zero-order chi connectivity index (χ0) is 14.8. The van der Waals surface area contributed by atoms with E-state index >= 15 is 0 Å². The third kappa shape index (κ3) is 2.68. The normalized spacial score (nSPS) is 10.5. The molecule has 0 spiro atoms. The van der Waals surface area contributed by atoms with E-state index in [0.29, 0.717) is 15.9 Å². The summed E-state index contributed by atoms with van der Waals surface area (Å²) < 4.78 is 0.714. The quantitative estimate of drug-likeness (QED) is 0.564. The highest BCUT2D eigenvalue weighted by atomic mass is 79.9. The van der Waals surface area contributed by atoms with E-state index in [4.69, 9.17) is 11.1 Å². The number of hydrogen-bond donors (Lipinski definition) is 2. The molecule has 1 aromatic heterocycles. The van der Waals surface area contributed by atoms with E-state index in [1.165, 1.54) is 4.80 Å². The van der Waals surface area contributed by atoms with Crippen LogP contribution in [0.5, 0.6) is 0 Å². The van der Waals surface area contributed by atoms with Gasteiger partial charge in [0.2, 0.25) is 5.82 Å². The first-order chi connectivity index (χ1) is 10.1. The number of nitrogen functional groups attached to an aromatic ring is 1. The van der Waals surface area contributed by atoms with Gasteiger partial charge in [-0.05, 0) is 39.3 Å². The van der Waals surface area contributed by atoms with Gasteiger partial charge in [-0.15, -0.1) is 15.0 Å². The largest absolute Gasteiger partial charge is 0.384 e. The number of tetrazole rings is 1. The Morgan fingerprint density at radius 2 is 1.90 bits per heavy atom. The second kappa shape index (κ2) is 5.45. The molecular weight excluding hydrogens is 332 g/mol. The van der Waals surface area contributed by atoms with Crippen molar-refractivity contribution in [3.63, 3.8) is 0 Å². The number of nitrogens with zero attached hydrogens (tertiary/aromatic N) is 4. The number of hydrogen-bond acceptors (Lipinski definition) is 4. The molecule has 7 heteroatoms. The second-order valence-electron chi connectivity index (χ2n) is 4.35. The minimum absolute atomic E-state index is 0.00458. The third-order valence-corrected chi connectivity index (χ3v) is 3.58. The second-order valence-corrected chi connectivity index (χ2v) is 5.20. The first-order valence-corrected chi connectivity index (χ1v) is 6.94. The Hall–Kier alpha value is -2.54. The van der Waals surface area contributed by atoms with Crippen molar-refractivity contribution < 1.29 is 0 Å². The third-order valence-electron chi connectivity index (χ3n) is 2.92. The van der Waals surface area contributed by atoms with E-state index in [1.807, 2.05) is 30.3 Å². The van der Waals surface area contributed by atoms with Crippen LogP contribution in [0, 0.1) is 5.41 Å². The first-order valence-electron chi connectivity index (χ1n) is 6.15. The van der Waals surface area contributed by atoms with Gasteiger partial charge in [0, 0.05) is 15.6 Å². The van der Waals surface area contributed by atoms with Crippen molar-refractivity contribution in [3.8, 4) is 17.1 Å². The fourth-order valence-electron chi connectivity index (χ4n) is 1.87. The van der Waals surface area contributed by atoms with Crippen molar-refractivity contribution >= 4 is 21.8 Å². The summed E-state index contributed by atoms with van der Waals surface area (Å²) in [7, 11) is 0. The van der Waals surface area contributed by atoms with E-state index in [9.17, 15) is 0 Å². The average molecular weight is 343 g/mol. The van der Waals surface area contributed by atoms with Gasteiger partial charge >= 0.3 is 0 Å². The Bertz CT molecular complexity index is 796. The van der Waals surface area contributed by atoms with E-state index in [-0.39, 0.29) is 5.84 Å². The maximum Gasteiger partial charge on any atom is 0.205 e. The molecule has 2 aromatic carbocycles. The van der Waals surface area contributed by atoms with Crippen molar-refractivity contribution in [1.82, 2.24) is 20.2 Å². The maximum absolute atomic E-state index is 7.47. The Labute approximate surface area is 129 Å². The molecule has 21 heavy (non-hydrogen) atoms. The Morgan fingerprint density at radius 3 is 2.57 bits per heavy atom. The molecule has 0 saturated heterocycles. The molecule has 0 radical (unpaired) electrons. The number of nitrogens with two attached hydrogens (primary N) is 1. The van der Waals surface area contributed by atoms with Crippen molar-refractivity contribution in [2.75, 3.05) is 0 Å². The van der Waals surface area contributed by atoms with Gasteiger partial charge in [-0.3, -0.25) is 5.41 Å². The Morgan fingerprint density at radius 1 is 1.14 bits per heavy atom. The van der Waals surface area contributed by atoms with Crippen LogP contribution in [0.15, 0.2) is 53.0 Å². The number of nitrogens with one attached hydrogen (secondary N) is 1. The van der Waals surface area contributed by atoms with Gasteiger partial charge in [-0.2, -0.15) is 0 Å². The molecule has 0 fully saturated rings. The van der Waals surface area contributed by atoms with Gasteiger partial charge in [0.1, 0.15) is 5.84 Å². The molecule has 3 aromatic rings. The highest BCUT2D eigenvalue weighted by Gasteiger charge is 2.09. The summed E-state index contributed by atoms with van der Waals surface area (Å²) in [5.74, 6) is 0.562. The molecule has 0 saturated carbocycles. The molecule has 3 N–H and O–H groups in total. The first kappa shape index (κ1) is 13.4. The molecule has 0 atom stereocenters. The lowest BCUT2D eigenvalue weighted by molar-refractivity contribution is 0.719. The molecule has 0 aliphatic rings. The molecule has 0 aliphatic heterocycles. The van der Waals surface area contributed by atoms with Crippen molar-refractivity contribution in [3.05, 3.63) is 58.6 Å². The molecule has 104 valence electrons. The predicted octanol–water partition coefficient (Wildman–Crippen LogP) is 2.38. The SMILES string of the molecule is N=C(N)c1ccc(-n2nnc(-c3ccccc3)n2)cc1Br. The Kier molecular flexibility index (Phi) is 3.49. The van der Waals surface area contributed by atoms with Crippen LogP contribution in [0.25, 0.3) is 17.1 Å². The van der Waals surface area contributed by atoms with Crippen LogP contribution in [0.3, 0.4) is 0 Å². The van der Waals surface area contributed by atoms with E-state index in [0.717, 1.165) is 11.3 Å². The molecule has 1 heterocycles. The summed E-state index contributed by atoms with van der Waals surface area (Å²) in [5, 5.41) is 19.9. The van der Waals surface area contributed by atoms with E-state index < -0.39 is 0 Å². The van der Waals surface area contributed by atoms with E-state index in [2.05, 4.69) is 31.3 Å². The van der Waals surface area contributed by atoms with Gasteiger partial charge in [0.25, 0.3) is 0 Å². The highest BCUT2D eigenvalue weighted by Crippen LogP contribution is 2.20. The molecule has 0 bridgehead atoms. The zero-order valence-corrected chi connectivity index (χ0v) is 12.4. The smallest absolute Gasteiger partial charge is 0.205 e. The summed E-state index contributed by atoms with van der Waals surface area (Å²) in [6, 6.07) is 15.0. The number of halogens is 1. The van der Waals surface area contributed by atoms with Crippen LogP contribution in [-0.4, -0.2) is 26.0 Å².